The van der Waals surface area contributed by atoms with Crippen molar-refractivity contribution in [2.45, 2.75) is 85.8 Å². The second-order valence-corrected chi connectivity index (χ2v) is 18.2. The zero-order chi connectivity index (χ0) is 28.9. The van der Waals surface area contributed by atoms with Crippen LogP contribution < -0.4 is 10.3 Å². The van der Waals surface area contributed by atoms with Crippen molar-refractivity contribution >= 4 is 25.8 Å². The van der Waals surface area contributed by atoms with Gasteiger partial charge in [-0.15, -0.1) is 0 Å². The molecule has 0 atom stereocenters. The molecule has 0 aromatic heterocycles. The van der Waals surface area contributed by atoms with Gasteiger partial charge >= 0.3 is 0 Å². The molecule has 8 saturated carbocycles. The van der Waals surface area contributed by atoms with Gasteiger partial charge in [-0.25, -0.2) is 27.1 Å². The molecule has 0 amide bonds. The molecule has 8 fully saturated rings. The average molecular weight is 607 g/mol. The van der Waals surface area contributed by atoms with Crippen molar-refractivity contribution in [2.24, 2.45) is 57.6 Å². The van der Waals surface area contributed by atoms with E-state index in [4.69, 9.17) is 10.3 Å². The maximum atomic E-state index is 14.4. The molecule has 0 saturated heterocycles. The SMILES string of the molecule is NS(=O)(=O)c1ccc2c(c1)C(=O)c1c-2cc(C2C3CC4CC(C3)CC2C4)c(S(N)(=O)=O)c1C1C2CC3CC(C2)CC1C3. The van der Waals surface area contributed by atoms with E-state index in [1.54, 1.807) is 6.07 Å². The van der Waals surface area contributed by atoms with Crippen LogP contribution in [0.4, 0.5) is 0 Å². The number of hydrogen-bond acceptors (Lipinski definition) is 5. The number of ketones is 1. The van der Waals surface area contributed by atoms with Gasteiger partial charge in [-0.2, -0.15) is 0 Å². The Kier molecular flexibility index (Phi) is 5.36. The fraction of sp³-hybridized carbons (Fsp3) is 0.606. The van der Waals surface area contributed by atoms with E-state index in [0.717, 1.165) is 74.3 Å². The molecule has 2 aromatic carbocycles. The van der Waals surface area contributed by atoms with E-state index in [1.165, 1.54) is 25.0 Å². The summed E-state index contributed by atoms with van der Waals surface area (Å²) in [4.78, 5) is 14.5. The Hall–Kier alpha value is -2.07. The summed E-state index contributed by atoms with van der Waals surface area (Å²) >= 11 is 0. The first-order chi connectivity index (χ1) is 19.9. The lowest BCUT2D eigenvalue weighted by atomic mass is 9.49. The summed E-state index contributed by atoms with van der Waals surface area (Å²) in [6.07, 6.45) is 11.4. The fourth-order valence-electron chi connectivity index (χ4n) is 12.1. The van der Waals surface area contributed by atoms with E-state index in [9.17, 15) is 21.6 Å². The zero-order valence-electron chi connectivity index (χ0n) is 23.7. The summed E-state index contributed by atoms with van der Waals surface area (Å²) in [5.74, 6) is 4.21. The Morgan fingerprint density at radius 2 is 1.07 bits per heavy atom. The van der Waals surface area contributed by atoms with Crippen molar-refractivity contribution in [1.29, 1.82) is 0 Å². The Balaban J connectivity index is 1.33. The second kappa shape index (κ2) is 8.55. The molecule has 222 valence electrons. The molecule has 0 radical (unpaired) electrons. The normalized spacial score (nSPS) is 39.1. The fourth-order valence-corrected chi connectivity index (χ4v) is 13.7. The highest BCUT2D eigenvalue weighted by Gasteiger charge is 2.54. The van der Waals surface area contributed by atoms with Crippen LogP contribution in [0.1, 0.15) is 103 Å². The highest BCUT2D eigenvalue weighted by molar-refractivity contribution is 7.89. The number of sulfonamides is 2. The van der Waals surface area contributed by atoms with Gasteiger partial charge < -0.3 is 0 Å². The summed E-state index contributed by atoms with van der Waals surface area (Å²) in [7, 11) is -8.18. The van der Waals surface area contributed by atoms with Crippen LogP contribution in [0, 0.1) is 47.3 Å². The predicted molar refractivity (Wildman–Crippen MR) is 158 cm³/mol. The first-order valence-electron chi connectivity index (χ1n) is 15.9. The molecule has 9 aliphatic carbocycles. The van der Waals surface area contributed by atoms with E-state index >= 15 is 0 Å². The smallest absolute Gasteiger partial charge is 0.238 e. The van der Waals surface area contributed by atoms with Gasteiger partial charge in [0, 0.05) is 11.1 Å². The number of rotatable bonds is 4. The van der Waals surface area contributed by atoms with Gasteiger partial charge in [0.2, 0.25) is 20.0 Å². The minimum atomic E-state index is -4.16. The molecule has 8 bridgehead atoms. The molecular weight excluding hydrogens is 569 g/mol. The van der Waals surface area contributed by atoms with Gasteiger partial charge in [-0.1, -0.05) is 6.07 Å². The van der Waals surface area contributed by atoms with Crippen LogP contribution in [-0.2, 0) is 20.0 Å². The lowest BCUT2D eigenvalue weighted by Gasteiger charge is -2.56. The van der Waals surface area contributed by atoms with Crippen molar-refractivity contribution in [2.75, 3.05) is 0 Å². The third kappa shape index (κ3) is 3.66. The van der Waals surface area contributed by atoms with Crippen molar-refractivity contribution in [1.82, 2.24) is 0 Å². The van der Waals surface area contributed by atoms with Gasteiger partial charge in [0.1, 0.15) is 0 Å². The predicted octanol–water partition coefficient (Wildman–Crippen LogP) is 5.27. The molecule has 9 aliphatic rings. The van der Waals surface area contributed by atoms with Crippen LogP contribution in [0.25, 0.3) is 11.1 Å². The average Bonchev–Trinajstić information content (AvgIpc) is 3.17. The molecule has 0 aliphatic heterocycles. The monoisotopic (exact) mass is 606 g/mol. The van der Waals surface area contributed by atoms with E-state index in [1.807, 2.05) is 6.07 Å². The minimum absolute atomic E-state index is 0.0207. The first kappa shape index (κ1) is 26.3. The van der Waals surface area contributed by atoms with Crippen molar-refractivity contribution in [3.05, 3.63) is 46.5 Å². The summed E-state index contributed by atoms with van der Waals surface area (Å²) in [6.45, 7) is 0. The molecule has 7 nitrogen and oxygen atoms in total. The lowest BCUT2D eigenvalue weighted by Crippen LogP contribution is -2.46. The summed E-state index contributed by atoms with van der Waals surface area (Å²) in [5.41, 5.74) is 3.69. The van der Waals surface area contributed by atoms with Crippen molar-refractivity contribution in [3.63, 3.8) is 0 Å². The third-order valence-electron chi connectivity index (χ3n) is 12.9. The number of fused-ring (bicyclic) bond motifs is 3. The molecule has 2 aromatic rings. The maximum absolute atomic E-state index is 14.4. The summed E-state index contributed by atoms with van der Waals surface area (Å²) < 4.78 is 52.3. The number of primary sulfonamides is 2. The van der Waals surface area contributed by atoms with E-state index in [2.05, 4.69) is 0 Å². The Morgan fingerprint density at radius 3 is 1.55 bits per heavy atom. The molecule has 0 heterocycles. The molecule has 4 N–H and O–H groups in total. The van der Waals surface area contributed by atoms with Crippen molar-refractivity contribution < 1.29 is 21.6 Å². The van der Waals surface area contributed by atoms with Crippen LogP contribution in [0.3, 0.4) is 0 Å². The largest absolute Gasteiger partial charge is 0.289 e. The van der Waals surface area contributed by atoms with Crippen LogP contribution in [0.2, 0.25) is 0 Å². The number of carbonyl (C=O) groups excluding carboxylic acids is 1. The third-order valence-corrected chi connectivity index (χ3v) is 14.8. The number of nitrogens with two attached hydrogens (primary N) is 2. The quantitative estimate of drug-likeness (QED) is 0.417. The van der Waals surface area contributed by atoms with Crippen LogP contribution in [0.15, 0.2) is 34.1 Å². The van der Waals surface area contributed by atoms with Crippen molar-refractivity contribution in [3.8, 4) is 11.1 Å². The lowest BCUT2D eigenvalue weighted by molar-refractivity contribution is -0.00680. The molecule has 42 heavy (non-hydrogen) atoms. The Labute approximate surface area is 247 Å². The van der Waals surface area contributed by atoms with Crippen LogP contribution >= 0.6 is 0 Å². The van der Waals surface area contributed by atoms with Gasteiger partial charge in [-0.05, 0) is 164 Å². The van der Waals surface area contributed by atoms with Gasteiger partial charge in [-0.3, -0.25) is 4.79 Å². The standard InChI is InChI=1S/C33H38N2O5S2/c34-41(37,38)23-1-2-24-25-14-27(28-19-5-15-3-16(7-19)8-20(28)6-15)33(42(35,39)40)31(30(25)32(36)26(24)13-23)29-21-9-17-4-18(11-21)12-22(29)10-17/h1-2,13-22,28-29H,3-12H2,(H2,34,37,38)(H2,35,39,40). The maximum Gasteiger partial charge on any atom is 0.238 e. The molecule has 11 rings (SSSR count). The van der Waals surface area contributed by atoms with Gasteiger partial charge in [0.25, 0.3) is 0 Å². The van der Waals surface area contributed by atoms with Crippen LogP contribution in [-0.4, -0.2) is 22.6 Å². The number of carbonyl (C=O) groups is 1. The van der Waals surface area contributed by atoms with E-state index in [0.29, 0.717) is 57.8 Å². The Bertz CT molecular complexity index is 1740. The molecule has 0 unspecified atom stereocenters. The number of hydrogen-bond donors (Lipinski definition) is 2. The first-order valence-corrected chi connectivity index (χ1v) is 19.0. The second-order valence-electron chi connectivity index (χ2n) is 15.2. The highest BCUT2D eigenvalue weighted by atomic mass is 32.2. The summed E-state index contributed by atoms with van der Waals surface area (Å²) in [6, 6.07) is 6.53. The van der Waals surface area contributed by atoms with E-state index < -0.39 is 20.0 Å². The molecule has 9 heteroatoms. The summed E-state index contributed by atoms with van der Waals surface area (Å²) in [5, 5.41) is 11.7. The van der Waals surface area contributed by atoms with E-state index in [-0.39, 0.29) is 27.4 Å². The molecule has 0 spiro atoms. The highest BCUT2D eigenvalue weighted by Crippen LogP contribution is 2.65. The zero-order valence-corrected chi connectivity index (χ0v) is 25.3. The van der Waals surface area contributed by atoms with Crippen LogP contribution in [0.5, 0.6) is 0 Å². The number of benzene rings is 2. The minimum Gasteiger partial charge on any atom is -0.289 e. The van der Waals surface area contributed by atoms with Gasteiger partial charge in [0.15, 0.2) is 5.78 Å². The molecular formula is C33H38N2O5S2. The van der Waals surface area contributed by atoms with Gasteiger partial charge in [0.05, 0.1) is 9.79 Å². The topological polar surface area (TPSA) is 137 Å². The Morgan fingerprint density at radius 1 is 0.571 bits per heavy atom.